The SMILES string of the molecule is CC(C(=O)O)c1ccc(CC2CCCC2=O)cc1.[Na]. The van der Waals surface area contributed by atoms with Crippen LogP contribution in [0.15, 0.2) is 24.3 Å². The smallest absolute Gasteiger partial charge is 0.310 e. The number of carboxylic acid groups (broad SMARTS) is 1. The maximum absolute atomic E-state index is 11.6. The van der Waals surface area contributed by atoms with E-state index in [2.05, 4.69) is 0 Å². The van der Waals surface area contributed by atoms with Crippen molar-refractivity contribution in [2.75, 3.05) is 0 Å². The van der Waals surface area contributed by atoms with Crippen LogP contribution in [0.4, 0.5) is 0 Å². The summed E-state index contributed by atoms with van der Waals surface area (Å²) in [5, 5.41) is 8.92. The molecule has 0 saturated heterocycles. The molecule has 2 unspecified atom stereocenters. The molecule has 1 aromatic carbocycles. The van der Waals surface area contributed by atoms with E-state index in [1.54, 1.807) is 6.92 Å². The maximum atomic E-state index is 11.6. The van der Waals surface area contributed by atoms with E-state index < -0.39 is 11.9 Å². The van der Waals surface area contributed by atoms with Gasteiger partial charge in [0.25, 0.3) is 0 Å². The molecule has 1 N–H and O–H groups in total. The van der Waals surface area contributed by atoms with Gasteiger partial charge < -0.3 is 5.11 Å². The second-order valence-electron chi connectivity index (χ2n) is 5.06. The third kappa shape index (κ3) is 4.16. The zero-order chi connectivity index (χ0) is 13.1. The van der Waals surface area contributed by atoms with Crippen molar-refractivity contribution in [1.82, 2.24) is 0 Å². The number of ketones is 1. The van der Waals surface area contributed by atoms with Gasteiger partial charge in [-0.15, -0.1) is 0 Å². The Morgan fingerprint density at radius 2 is 2.00 bits per heavy atom. The first kappa shape index (κ1) is 16.4. The summed E-state index contributed by atoms with van der Waals surface area (Å²) in [5.74, 6) is -0.744. The van der Waals surface area contributed by atoms with E-state index in [0.717, 1.165) is 36.8 Å². The average Bonchev–Trinajstić information content (AvgIpc) is 2.75. The van der Waals surface area contributed by atoms with Gasteiger partial charge in [-0.2, -0.15) is 0 Å². The Morgan fingerprint density at radius 1 is 1.37 bits per heavy atom. The number of hydrogen-bond donors (Lipinski definition) is 1. The Bertz CT molecular complexity index is 453. The van der Waals surface area contributed by atoms with Gasteiger partial charge in [0, 0.05) is 41.9 Å². The van der Waals surface area contributed by atoms with Crippen LogP contribution in [0.1, 0.15) is 43.2 Å². The van der Waals surface area contributed by atoms with Crippen LogP contribution in [-0.4, -0.2) is 46.4 Å². The van der Waals surface area contributed by atoms with Crippen LogP contribution in [0.25, 0.3) is 0 Å². The van der Waals surface area contributed by atoms with Crippen LogP contribution < -0.4 is 0 Å². The number of carbonyl (C=O) groups excluding carboxylic acids is 1. The molecule has 1 saturated carbocycles. The van der Waals surface area contributed by atoms with Gasteiger partial charge in [0.15, 0.2) is 0 Å². The molecule has 1 aliphatic carbocycles. The number of carboxylic acids is 1. The van der Waals surface area contributed by atoms with Crippen molar-refractivity contribution in [3.63, 3.8) is 0 Å². The zero-order valence-electron chi connectivity index (χ0n) is 11.6. The summed E-state index contributed by atoms with van der Waals surface area (Å²) >= 11 is 0. The summed E-state index contributed by atoms with van der Waals surface area (Å²) in [7, 11) is 0. The number of Topliss-reactive ketones (excluding diaryl/α,β-unsaturated/α-hetero) is 1. The molecule has 0 amide bonds. The second kappa shape index (κ2) is 7.22. The van der Waals surface area contributed by atoms with Crippen molar-refractivity contribution >= 4 is 41.3 Å². The summed E-state index contributed by atoms with van der Waals surface area (Å²) in [5.41, 5.74) is 1.93. The van der Waals surface area contributed by atoms with Gasteiger partial charge in [-0.1, -0.05) is 24.3 Å². The molecule has 1 aliphatic rings. The minimum atomic E-state index is -0.811. The molecule has 0 heterocycles. The van der Waals surface area contributed by atoms with Gasteiger partial charge in [0.05, 0.1) is 5.92 Å². The van der Waals surface area contributed by atoms with Crippen LogP contribution in [-0.2, 0) is 16.0 Å². The maximum Gasteiger partial charge on any atom is 0.310 e. The van der Waals surface area contributed by atoms with Crippen LogP contribution in [0, 0.1) is 5.92 Å². The molecule has 0 bridgehead atoms. The van der Waals surface area contributed by atoms with Gasteiger partial charge in [-0.05, 0) is 37.3 Å². The monoisotopic (exact) mass is 269 g/mol. The molecule has 0 aromatic heterocycles. The van der Waals surface area contributed by atoms with Crippen molar-refractivity contribution in [2.45, 2.75) is 38.5 Å². The quantitative estimate of drug-likeness (QED) is 0.854. The van der Waals surface area contributed by atoms with Crippen molar-refractivity contribution in [1.29, 1.82) is 0 Å². The normalized spacial score (nSPS) is 19.8. The fourth-order valence-electron chi connectivity index (χ4n) is 2.47. The van der Waals surface area contributed by atoms with E-state index in [4.69, 9.17) is 5.11 Å². The molecule has 2 rings (SSSR count). The van der Waals surface area contributed by atoms with E-state index in [9.17, 15) is 9.59 Å². The van der Waals surface area contributed by atoms with E-state index in [-0.39, 0.29) is 35.5 Å². The van der Waals surface area contributed by atoms with Crippen LogP contribution in [0.5, 0.6) is 0 Å². The topological polar surface area (TPSA) is 54.4 Å². The van der Waals surface area contributed by atoms with E-state index in [0.29, 0.717) is 5.78 Å². The molecule has 1 radical (unpaired) electrons. The summed E-state index contributed by atoms with van der Waals surface area (Å²) < 4.78 is 0. The molecule has 97 valence electrons. The molecule has 2 atom stereocenters. The third-order valence-electron chi connectivity index (χ3n) is 3.76. The first-order valence-electron chi connectivity index (χ1n) is 6.42. The third-order valence-corrected chi connectivity index (χ3v) is 3.76. The predicted molar refractivity (Wildman–Crippen MR) is 74.3 cm³/mol. The first-order chi connectivity index (χ1) is 8.58. The number of aliphatic carboxylic acids is 1. The van der Waals surface area contributed by atoms with Gasteiger partial charge in [0.2, 0.25) is 0 Å². The summed E-state index contributed by atoms with van der Waals surface area (Å²) in [4.78, 5) is 22.4. The molecule has 1 aromatic rings. The molecular formula is C15H18NaO3. The predicted octanol–water partition coefficient (Wildman–Crippen LogP) is 2.41. The number of benzene rings is 1. The molecule has 4 heteroatoms. The second-order valence-corrected chi connectivity index (χ2v) is 5.06. The first-order valence-corrected chi connectivity index (χ1v) is 6.42. The molecule has 19 heavy (non-hydrogen) atoms. The zero-order valence-corrected chi connectivity index (χ0v) is 13.6. The Balaban J connectivity index is 0.00000180. The minimum absolute atomic E-state index is 0. The van der Waals surface area contributed by atoms with Crippen molar-refractivity contribution < 1.29 is 14.7 Å². The Morgan fingerprint density at radius 3 is 2.47 bits per heavy atom. The van der Waals surface area contributed by atoms with Crippen LogP contribution >= 0.6 is 0 Å². The van der Waals surface area contributed by atoms with E-state index in [1.807, 2.05) is 24.3 Å². The van der Waals surface area contributed by atoms with E-state index >= 15 is 0 Å². The number of hydrogen-bond acceptors (Lipinski definition) is 2. The van der Waals surface area contributed by atoms with Gasteiger partial charge in [-0.25, -0.2) is 0 Å². The van der Waals surface area contributed by atoms with Crippen LogP contribution in [0.3, 0.4) is 0 Å². The molecule has 0 spiro atoms. The Hall–Kier alpha value is -0.640. The summed E-state index contributed by atoms with van der Waals surface area (Å²) in [6, 6.07) is 7.60. The summed E-state index contributed by atoms with van der Waals surface area (Å²) in [6.45, 7) is 1.68. The number of carbonyl (C=O) groups is 2. The molecule has 0 aliphatic heterocycles. The van der Waals surface area contributed by atoms with Gasteiger partial charge in [-0.3, -0.25) is 9.59 Å². The van der Waals surface area contributed by atoms with Gasteiger partial charge in [0.1, 0.15) is 5.78 Å². The van der Waals surface area contributed by atoms with Gasteiger partial charge >= 0.3 is 5.97 Å². The Labute approximate surface area is 135 Å². The molecular weight excluding hydrogens is 251 g/mol. The van der Waals surface area contributed by atoms with Crippen molar-refractivity contribution in [3.05, 3.63) is 35.4 Å². The standard InChI is InChI=1S/C15H18O3.Na/c1-10(15(17)18)12-7-5-11(6-8-12)9-13-3-2-4-14(13)16;/h5-8,10,13H,2-4,9H2,1H3,(H,17,18);. The fourth-order valence-corrected chi connectivity index (χ4v) is 2.47. The van der Waals surface area contributed by atoms with Crippen molar-refractivity contribution in [3.8, 4) is 0 Å². The van der Waals surface area contributed by atoms with E-state index in [1.165, 1.54) is 0 Å². The average molecular weight is 269 g/mol. The van der Waals surface area contributed by atoms with Crippen molar-refractivity contribution in [2.24, 2.45) is 5.92 Å². The minimum Gasteiger partial charge on any atom is -0.481 e. The Kier molecular flexibility index (Phi) is 6.24. The van der Waals surface area contributed by atoms with Crippen LogP contribution in [0.2, 0.25) is 0 Å². The molecule has 1 fully saturated rings. The summed E-state index contributed by atoms with van der Waals surface area (Å²) in [6.07, 6.45) is 3.52. The number of rotatable bonds is 4. The molecule has 3 nitrogen and oxygen atoms in total. The largest absolute Gasteiger partial charge is 0.481 e. The fraction of sp³-hybridized carbons (Fsp3) is 0.467.